The zero-order chi connectivity index (χ0) is 17.5. The molecule has 1 aromatic rings. The fourth-order valence-corrected chi connectivity index (χ4v) is 4.05. The maximum Gasteiger partial charge on any atom is 0.0828 e. The third-order valence-electron chi connectivity index (χ3n) is 5.77. The lowest BCUT2D eigenvalue weighted by Crippen LogP contribution is -2.41. The van der Waals surface area contributed by atoms with Crippen molar-refractivity contribution in [3.05, 3.63) is 35.9 Å². The third kappa shape index (κ3) is 5.78. The van der Waals surface area contributed by atoms with Crippen LogP contribution in [0.1, 0.15) is 38.2 Å². The van der Waals surface area contributed by atoms with Gasteiger partial charge in [-0.05, 0) is 44.7 Å². The van der Waals surface area contributed by atoms with Crippen molar-refractivity contribution >= 4 is 0 Å². The van der Waals surface area contributed by atoms with Crippen LogP contribution in [0.5, 0.6) is 0 Å². The largest absolute Gasteiger partial charge is 0.378 e. The van der Waals surface area contributed by atoms with Crippen molar-refractivity contribution in [1.29, 1.82) is 0 Å². The summed E-state index contributed by atoms with van der Waals surface area (Å²) in [7, 11) is 1.85. The summed E-state index contributed by atoms with van der Waals surface area (Å²) in [5.74, 6) is 0. The molecule has 4 heteroatoms. The molecule has 1 aromatic carbocycles. The van der Waals surface area contributed by atoms with Gasteiger partial charge in [-0.1, -0.05) is 30.3 Å². The first kappa shape index (κ1) is 18.8. The van der Waals surface area contributed by atoms with Gasteiger partial charge in [0.15, 0.2) is 0 Å². The Morgan fingerprint density at radius 3 is 2.68 bits per heavy atom. The minimum atomic E-state index is 0.0540. The summed E-state index contributed by atoms with van der Waals surface area (Å²) >= 11 is 0. The highest BCUT2D eigenvalue weighted by Crippen LogP contribution is 2.25. The maximum absolute atomic E-state index is 6.18. The Labute approximate surface area is 153 Å². The molecule has 2 fully saturated rings. The lowest BCUT2D eigenvalue weighted by molar-refractivity contribution is -0.00881. The summed E-state index contributed by atoms with van der Waals surface area (Å²) < 4.78 is 11.9. The molecule has 0 N–H and O–H groups in total. The Morgan fingerprint density at radius 1 is 1.08 bits per heavy atom. The average Bonchev–Trinajstić information content (AvgIpc) is 2.95. The fourth-order valence-electron chi connectivity index (χ4n) is 4.05. The van der Waals surface area contributed by atoms with Gasteiger partial charge >= 0.3 is 0 Å². The molecular weight excluding hydrogens is 312 g/mol. The molecule has 0 aliphatic carbocycles. The van der Waals surface area contributed by atoms with Crippen molar-refractivity contribution in [2.75, 3.05) is 46.4 Å². The Morgan fingerprint density at radius 2 is 1.88 bits per heavy atom. The Balaban J connectivity index is 1.52. The quantitative estimate of drug-likeness (QED) is 0.818. The number of methoxy groups -OCH3 is 1. The van der Waals surface area contributed by atoms with Crippen LogP contribution in [-0.4, -0.2) is 67.9 Å². The standard InChI is InChI=1S/C21H34N2O2/c1-21(24-2)10-6-12-22(14-11-21)17-20-18-23(13-7-15-25-20)16-19-8-4-3-5-9-19/h3-5,8-9,20H,6-7,10-18H2,1-2H3/t20-,21+/m0/s1. The molecule has 2 heterocycles. The highest BCUT2D eigenvalue weighted by molar-refractivity contribution is 5.14. The van der Waals surface area contributed by atoms with Gasteiger partial charge in [-0.2, -0.15) is 0 Å². The van der Waals surface area contributed by atoms with Crippen molar-refractivity contribution in [2.45, 2.75) is 50.9 Å². The van der Waals surface area contributed by atoms with Crippen LogP contribution < -0.4 is 0 Å². The van der Waals surface area contributed by atoms with Crippen LogP contribution in [0.4, 0.5) is 0 Å². The fraction of sp³-hybridized carbons (Fsp3) is 0.714. The number of rotatable bonds is 5. The molecule has 4 nitrogen and oxygen atoms in total. The highest BCUT2D eigenvalue weighted by Gasteiger charge is 2.29. The number of nitrogens with zero attached hydrogens (tertiary/aromatic N) is 2. The zero-order valence-corrected chi connectivity index (χ0v) is 16.0. The minimum absolute atomic E-state index is 0.0540. The van der Waals surface area contributed by atoms with E-state index in [0.717, 1.165) is 65.1 Å². The summed E-state index contributed by atoms with van der Waals surface area (Å²) in [4.78, 5) is 5.14. The monoisotopic (exact) mass is 346 g/mol. The van der Waals surface area contributed by atoms with Gasteiger partial charge in [-0.25, -0.2) is 0 Å². The van der Waals surface area contributed by atoms with Crippen molar-refractivity contribution in [1.82, 2.24) is 9.80 Å². The molecular formula is C21H34N2O2. The van der Waals surface area contributed by atoms with Gasteiger partial charge in [-0.15, -0.1) is 0 Å². The molecule has 2 saturated heterocycles. The van der Waals surface area contributed by atoms with Gasteiger partial charge < -0.3 is 14.4 Å². The second-order valence-electron chi connectivity index (χ2n) is 7.88. The van der Waals surface area contributed by atoms with E-state index in [1.165, 1.54) is 12.0 Å². The molecule has 3 rings (SSSR count). The van der Waals surface area contributed by atoms with Crippen LogP contribution >= 0.6 is 0 Å². The summed E-state index contributed by atoms with van der Waals surface area (Å²) in [5.41, 5.74) is 1.45. The summed E-state index contributed by atoms with van der Waals surface area (Å²) in [5, 5.41) is 0. The first-order valence-corrected chi connectivity index (χ1v) is 9.82. The van der Waals surface area contributed by atoms with Crippen molar-refractivity contribution in [3.8, 4) is 0 Å². The lowest BCUT2D eigenvalue weighted by atomic mass is 9.97. The van der Waals surface area contributed by atoms with E-state index >= 15 is 0 Å². The third-order valence-corrected chi connectivity index (χ3v) is 5.77. The first-order valence-electron chi connectivity index (χ1n) is 9.82. The van der Waals surface area contributed by atoms with E-state index < -0.39 is 0 Å². The number of hydrogen-bond acceptors (Lipinski definition) is 4. The lowest BCUT2D eigenvalue weighted by Gasteiger charge is -2.29. The minimum Gasteiger partial charge on any atom is -0.378 e. The van der Waals surface area contributed by atoms with Gasteiger partial charge in [0.25, 0.3) is 0 Å². The first-order chi connectivity index (χ1) is 12.2. The second kappa shape index (κ2) is 9.13. The molecule has 0 amide bonds. The van der Waals surface area contributed by atoms with Crippen LogP contribution in [0, 0.1) is 0 Å². The van der Waals surface area contributed by atoms with Crippen LogP contribution in [0.15, 0.2) is 30.3 Å². The van der Waals surface area contributed by atoms with E-state index in [9.17, 15) is 0 Å². The summed E-state index contributed by atoms with van der Waals surface area (Å²) in [6, 6.07) is 10.8. The van der Waals surface area contributed by atoms with Crippen molar-refractivity contribution in [2.24, 2.45) is 0 Å². The van der Waals surface area contributed by atoms with Gasteiger partial charge in [0.1, 0.15) is 0 Å². The smallest absolute Gasteiger partial charge is 0.0828 e. The predicted molar refractivity (Wildman–Crippen MR) is 102 cm³/mol. The SMILES string of the molecule is CO[C@]1(C)CCCN(C[C@H]2CN(Cc3ccccc3)CCCO2)CC1. The Bertz CT molecular complexity index is 510. The summed E-state index contributed by atoms with van der Waals surface area (Å²) in [6.45, 7) is 9.66. The molecule has 0 saturated carbocycles. The van der Waals surface area contributed by atoms with Gasteiger partial charge in [-0.3, -0.25) is 4.90 Å². The van der Waals surface area contributed by atoms with E-state index in [4.69, 9.17) is 9.47 Å². The number of likely N-dealkylation sites (tertiary alicyclic amines) is 1. The van der Waals surface area contributed by atoms with E-state index in [-0.39, 0.29) is 5.60 Å². The number of ether oxygens (including phenoxy) is 2. The van der Waals surface area contributed by atoms with Gasteiger partial charge in [0, 0.05) is 46.4 Å². The van der Waals surface area contributed by atoms with Crippen LogP contribution in [-0.2, 0) is 16.0 Å². The second-order valence-corrected chi connectivity index (χ2v) is 7.88. The van der Waals surface area contributed by atoms with E-state index in [1.807, 2.05) is 7.11 Å². The molecule has 2 aliphatic rings. The van der Waals surface area contributed by atoms with E-state index in [1.54, 1.807) is 0 Å². The average molecular weight is 347 g/mol. The number of benzene rings is 1. The molecule has 2 aliphatic heterocycles. The highest BCUT2D eigenvalue weighted by atomic mass is 16.5. The van der Waals surface area contributed by atoms with Crippen LogP contribution in [0.25, 0.3) is 0 Å². The molecule has 140 valence electrons. The molecule has 0 radical (unpaired) electrons. The molecule has 0 spiro atoms. The van der Waals surface area contributed by atoms with Crippen LogP contribution in [0.3, 0.4) is 0 Å². The van der Waals surface area contributed by atoms with E-state index in [0.29, 0.717) is 6.10 Å². The molecule has 25 heavy (non-hydrogen) atoms. The topological polar surface area (TPSA) is 24.9 Å². The Hall–Kier alpha value is -0.940. The Kier molecular flexibility index (Phi) is 6.88. The van der Waals surface area contributed by atoms with Gasteiger partial charge in [0.05, 0.1) is 11.7 Å². The van der Waals surface area contributed by atoms with Crippen LogP contribution in [0.2, 0.25) is 0 Å². The van der Waals surface area contributed by atoms with Gasteiger partial charge in [0.2, 0.25) is 0 Å². The van der Waals surface area contributed by atoms with Crippen molar-refractivity contribution in [3.63, 3.8) is 0 Å². The molecule has 0 unspecified atom stereocenters. The number of hydrogen-bond donors (Lipinski definition) is 0. The molecule has 0 aromatic heterocycles. The predicted octanol–water partition coefficient (Wildman–Crippen LogP) is 3.17. The maximum atomic E-state index is 6.18. The van der Waals surface area contributed by atoms with Crippen molar-refractivity contribution < 1.29 is 9.47 Å². The van der Waals surface area contributed by atoms with E-state index in [2.05, 4.69) is 47.1 Å². The molecule has 2 atom stereocenters. The molecule has 0 bridgehead atoms. The normalized spacial score (nSPS) is 29.9. The zero-order valence-electron chi connectivity index (χ0n) is 16.0. The summed E-state index contributed by atoms with van der Waals surface area (Å²) in [6.07, 6.45) is 4.93.